The van der Waals surface area contributed by atoms with Crippen molar-refractivity contribution < 1.29 is 4.57 Å². The molecule has 0 unspecified atom stereocenters. The van der Waals surface area contributed by atoms with Crippen LogP contribution >= 0.6 is 7.44 Å². The highest BCUT2D eigenvalue weighted by atomic mass is 31.2. The third kappa shape index (κ3) is 4.96. The highest BCUT2D eigenvalue weighted by Crippen LogP contribution is 2.62. The first-order valence-electron chi connectivity index (χ1n) is 15.5. The van der Waals surface area contributed by atoms with E-state index in [4.69, 9.17) is 10.2 Å². The Kier molecular flexibility index (Phi) is 7.33. The van der Waals surface area contributed by atoms with Gasteiger partial charge in [0.05, 0.1) is 11.0 Å². The average Bonchev–Trinajstić information content (AvgIpc) is 3.48. The molecule has 7 heteroatoms. The molecule has 6 nitrogen and oxygen atoms in total. The smallest absolute Gasteiger partial charge is 0.292 e. The molecule has 0 amide bonds. The van der Waals surface area contributed by atoms with Crippen molar-refractivity contribution in [3.63, 3.8) is 0 Å². The summed E-state index contributed by atoms with van der Waals surface area (Å²) in [4.78, 5) is 0. The quantitative estimate of drug-likeness (QED) is 0.157. The van der Waals surface area contributed by atoms with Crippen molar-refractivity contribution in [1.82, 2.24) is 14.8 Å². The number of fused-ring (bicyclic) bond motifs is 3. The number of aromatic nitrogens is 3. The predicted octanol–water partition coefficient (Wildman–Crippen LogP) is 10.1. The minimum atomic E-state index is -3.89. The first-order chi connectivity index (χ1) is 23.2. The van der Waals surface area contributed by atoms with Gasteiger partial charge in [-0.15, -0.1) is 10.2 Å². The highest BCUT2D eigenvalue weighted by Gasteiger charge is 2.43. The zero-order valence-corrected chi connectivity index (χ0v) is 26.3. The van der Waals surface area contributed by atoms with E-state index in [1.54, 1.807) is 0 Å². The van der Waals surface area contributed by atoms with E-state index in [0.29, 0.717) is 11.3 Å². The molecule has 0 spiro atoms. The number of para-hydroxylation sites is 6. The van der Waals surface area contributed by atoms with Crippen molar-refractivity contribution in [2.45, 2.75) is 0 Å². The van der Waals surface area contributed by atoms with Gasteiger partial charge in [-0.3, -0.25) is 18.5 Å². The molecular formula is C40H30N5OP. The van der Waals surface area contributed by atoms with Gasteiger partial charge in [0, 0.05) is 33.5 Å². The summed E-state index contributed by atoms with van der Waals surface area (Å²) < 4.78 is 22.5. The van der Waals surface area contributed by atoms with Crippen LogP contribution < -0.4 is 14.8 Å². The second-order valence-corrected chi connectivity index (χ2v) is 13.5. The monoisotopic (exact) mass is 627 g/mol. The van der Waals surface area contributed by atoms with E-state index in [1.807, 2.05) is 167 Å². The summed E-state index contributed by atoms with van der Waals surface area (Å²) in [5, 5.41) is 11.9. The molecule has 47 heavy (non-hydrogen) atoms. The highest BCUT2D eigenvalue weighted by molar-refractivity contribution is 7.75. The lowest BCUT2D eigenvalue weighted by Gasteiger charge is -2.41. The number of anilines is 4. The number of rotatable bonds is 8. The second kappa shape index (κ2) is 12.1. The first-order valence-corrected chi connectivity index (χ1v) is 17.1. The Bertz CT molecular complexity index is 2110. The molecule has 6 aromatic carbocycles. The topological polar surface area (TPSA) is 54.3 Å². The molecule has 0 saturated carbocycles. The van der Waals surface area contributed by atoms with Gasteiger partial charge in [-0.25, -0.2) is 0 Å². The van der Waals surface area contributed by atoms with E-state index in [0.717, 1.165) is 44.6 Å². The fraction of sp³-hybridized carbons (Fsp3) is 0. The summed E-state index contributed by atoms with van der Waals surface area (Å²) in [7, 11) is -3.89. The zero-order chi connectivity index (χ0) is 31.6. The molecule has 0 N–H and O–H groups in total. The lowest BCUT2D eigenvalue weighted by molar-refractivity contribution is 0.580. The molecule has 2 heterocycles. The van der Waals surface area contributed by atoms with Crippen molar-refractivity contribution in [1.29, 1.82) is 0 Å². The molecule has 0 atom stereocenters. The van der Waals surface area contributed by atoms with Crippen LogP contribution in [0, 0.1) is 0 Å². The molecule has 0 bridgehead atoms. The normalized spacial score (nSPS) is 11.5. The van der Waals surface area contributed by atoms with E-state index in [-0.39, 0.29) is 0 Å². The Balaban J connectivity index is 1.40. The van der Waals surface area contributed by atoms with Gasteiger partial charge in [0.2, 0.25) is 0 Å². The van der Waals surface area contributed by atoms with E-state index in [1.165, 1.54) is 0 Å². The number of nitrogens with zero attached hydrogens (tertiary/aromatic N) is 5. The fourth-order valence-corrected chi connectivity index (χ4v) is 9.06. The van der Waals surface area contributed by atoms with Crippen LogP contribution in [0.1, 0.15) is 0 Å². The van der Waals surface area contributed by atoms with Gasteiger partial charge in [0.25, 0.3) is 0 Å². The summed E-state index contributed by atoms with van der Waals surface area (Å²) in [5.41, 5.74) is 5.50. The van der Waals surface area contributed by atoms with E-state index < -0.39 is 7.44 Å². The largest absolute Gasteiger partial charge is 0.321 e. The lowest BCUT2D eigenvalue weighted by atomic mass is 10.2. The minimum Gasteiger partial charge on any atom is -0.292 e. The van der Waals surface area contributed by atoms with Crippen LogP contribution in [0.3, 0.4) is 0 Å². The molecule has 2 aromatic heterocycles. The van der Waals surface area contributed by atoms with Gasteiger partial charge in [0.15, 0.2) is 11.3 Å². The maximum atomic E-state index is 16.6. The number of hydrogen-bond donors (Lipinski definition) is 0. The summed E-state index contributed by atoms with van der Waals surface area (Å²) in [6.45, 7) is 0. The van der Waals surface area contributed by atoms with Gasteiger partial charge in [-0.05, 0) is 72.8 Å². The van der Waals surface area contributed by atoms with Gasteiger partial charge in [0.1, 0.15) is 0 Å². The van der Waals surface area contributed by atoms with Crippen molar-refractivity contribution in [2.24, 2.45) is 0 Å². The third-order valence-electron chi connectivity index (χ3n) is 8.29. The molecule has 8 aromatic rings. The molecule has 0 aliphatic carbocycles. The summed E-state index contributed by atoms with van der Waals surface area (Å²) in [5.74, 6) is 0.648. The molecule has 0 aliphatic rings. The van der Waals surface area contributed by atoms with Crippen molar-refractivity contribution in [3.05, 3.63) is 182 Å². The first kappa shape index (κ1) is 28.5. The van der Waals surface area contributed by atoms with Crippen LogP contribution in [0.25, 0.3) is 27.6 Å². The standard InChI is InChI=1S/C40H30N5OP/c46-47(44(31-17-5-1-6-18-31)32-19-7-2-8-20-32,45(33-21-9-3-10-22-33)34-23-11-4-12-24-34)40-30-29-39(41-42-40)43-37-27-15-13-25-35(37)36-26-14-16-28-38(36)43/h1-30H. The summed E-state index contributed by atoms with van der Waals surface area (Å²) >= 11 is 0. The summed E-state index contributed by atoms with van der Waals surface area (Å²) in [6.07, 6.45) is 0. The fourth-order valence-electron chi connectivity index (χ4n) is 6.26. The average molecular weight is 628 g/mol. The molecule has 0 radical (unpaired) electrons. The van der Waals surface area contributed by atoms with E-state index in [2.05, 4.69) is 28.8 Å². The Labute approximate surface area is 273 Å². The predicted molar refractivity (Wildman–Crippen MR) is 194 cm³/mol. The van der Waals surface area contributed by atoms with Gasteiger partial charge in [-0.1, -0.05) is 109 Å². The SMILES string of the molecule is O=P(c1ccc(-n2c3ccccc3c3ccccc32)nn1)(N(c1ccccc1)c1ccccc1)N(c1ccccc1)c1ccccc1. The zero-order valence-electron chi connectivity index (χ0n) is 25.4. The van der Waals surface area contributed by atoms with Crippen LogP contribution in [-0.4, -0.2) is 14.8 Å². The minimum absolute atomic E-state index is 0.349. The number of hydrogen-bond acceptors (Lipinski definition) is 3. The van der Waals surface area contributed by atoms with Crippen LogP contribution in [0.2, 0.25) is 0 Å². The maximum Gasteiger partial charge on any atom is 0.321 e. The van der Waals surface area contributed by atoms with Crippen LogP contribution in [-0.2, 0) is 4.57 Å². The Morgan fingerprint density at radius 3 is 1.13 bits per heavy atom. The van der Waals surface area contributed by atoms with Gasteiger partial charge >= 0.3 is 7.44 Å². The van der Waals surface area contributed by atoms with E-state index in [9.17, 15) is 0 Å². The van der Waals surface area contributed by atoms with Gasteiger partial charge in [-0.2, -0.15) is 0 Å². The van der Waals surface area contributed by atoms with Crippen molar-refractivity contribution >= 4 is 57.4 Å². The van der Waals surface area contributed by atoms with E-state index >= 15 is 4.57 Å². The number of benzene rings is 6. The lowest BCUT2D eigenvalue weighted by Crippen LogP contribution is -2.34. The third-order valence-corrected chi connectivity index (χ3v) is 11.1. The Hall–Kier alpha value is -5.97. The molecular weight excluding hydrogens is 597 g/mol. The second-order valence-electron chi connectivity index (χ2n) is 11.1. The summed E-state index contributed by atoms with van der Waals surface area (Å²) in [6, 6.07) is 59.8. The molecule has 8 rings (SSSR count). The Morgan fingerprint density at radius 1 is 0.404 bits per heavy atom. The molecule has 226 valence electrons. The molecule has 0 fully saturated rings. The molecule has 0 saturated heterocycles. The maximum absolute atomic E-state index is 16.6. The van der Waals surface area contributed by atoms with Crippen LogP contribution in [0.5, 0.6) is 0 Å². The van der Waals surface area contributed by atoms with Crippen molar-refractivity contribution in [2.75, 3.05) is 9.34 Å². The van der Waals surface area contributed by atoms with Gasteiger partial charge < -0.3 is 0 Å². The van der Waals surface area contributed by atoms with Crippen LogP contribution in [0.4, 0.5) is 22.7 Å². The van der Waals surface area contributed by atoms with Crippen molar-refractivity contribution in [3.8, 4) is 5.82 Å². The Morgan fingerprint density at radius 2 is 0.766 bits per heavy atom. The molecule has 0 aliphatic heterocycles. The van der Waals surface area contributed by atoms with Crippen LogP contribution in [0.15, 0.2) is 182 Å².